The van der Waals surface area contributed by atoms with Crippen LogP contribution in [0.1, 0.15) is 16.7 Å². The summed E-state index contributed by atoms with van der Waals surface area (Å²) in [7, 11) is 1.54. The molecule has 0 radical (unpaired) electrons. The summed E-state index contributed by atoms with van der Waals surface area (Å²) >= 11 is 2.76. The van der Waals surface area contributed by atoms with Gasteiger partial charge in [-0.2, -0.15) is 13.2 Å². The van der Waals surface area contributed by atoms with E-state index in [9.17, 15) is 17.6 Å². The summed E-state index contributed by atoms with van der Waals surface area (Å²) in [6.07, 6.45) is -4.68. The zero-order chi connectivity index (χ0) is 17.2. The first-order chi connectivity index (χ1) is 10.7. The molecule has 1 aromatic carbocycles. The summed E-state index contributed by atoms with van der Waals surface area (Å²) in [5.41, 5.74) is -0.803. The number of hydrogen-bond donors (Lipinski definition) is 1. The topological polar surface area (TPSA) is 34.1 Å². The van der Waals surface area contributed by atoms with Crippen LogP contribution in [-0.4, -0.2) is 12.1 Å². The molecule has 0 spiro atoms. The van der Waals surface area contributed by atoms with Crippen molar-refractivity contribution < 1.29 is 22.3 Å². The quantitative estimate of drug-likeness (QED) is 0.591. The van der Waals surface area contributed by atoms with E-state index in [1.807, 2.05) is 0 Å². The third kappa shape index (κ3) is 3.93. The molecule has 0 amide bonds. The molecule has 0 saturated heterocycles. The zero-order valence-corrected chi connectivity index (χ0v) is 13.8. The molecule has 2 aromatic rings. The second kappa shape index (κ2) is 6.74. The van der Waals surface area contributed by atoms with Crippen LogP contribution in [-0.2, 0) is 12.7 Å². The number of hydrogen-bond acceptors (Lipinski definition) is 3. The van der Waals surface area contributed by atoms with Gasteiger partial charge in [0, 0.05) is 12.1 Å². The summed E-state index contributed by atoms with van der Waals surface area (Å²) < 4.78 is 57.3. The van der Waals surface area contributed by atoms with Crippen LogP contribution in [0, 0.1) is 12.7 Å². The van der Waals surface area contributed by atoms with Crippen molar-refractivity contribution in [1.29, 1.82) is 0 Å². The monoisotopic (exact) mass is 392 g/mol. The van der Waals surface area contributed by atoms with Crippen molar-refractivity contribution in [3.05, 3.63) is 51.4 Å². The lowest BCUT2D eigenvalue weighted by Gasteiger charge is -2.15. The molecule has 0 fully saturated rings. The van der Waals surface area contributed by atoms with Crippen LogP contribution in [0.5, 0.6) is 5.75 Å². The summed E-state index contributed by atoms with van der Waals surface area (Å²) in [4.78, 5) is 3.63. The van der Waals surface area contributed by atoms with E-state index in [0.29, 0.717) is 5.75 Å². The fourth-order valence-electron chi connectivity index (χ4n) is 2.02. The minimum absolute atomic E-state index is 0.213. The molecule has 0 bridgehead atoms. The van der Waals surface area contributed by atoms with Gasteiger partial charge in [0.2, 0.25) is 0 Å². The Labute approximate surface area is 138 Å². The maximum atomic E-state index is 14.1. The van der Waals surface area contributed by atoms with Gasteiger partial charge in [-0.05, 0) is 40.5 Å². The molecule has 0 saturated carbocycles. The molecular formula is C15H13BrF4N2O. The number of aromatic nitrogens is 1. The average Bonchev–Trinajstić information content (AvgIpc) is 2.48. The van der Waals surface area contributed by atoms with Crippen molar-refractivity contribution in [1.82, 2.24) is 4.98 Å². The molecule has 3 nitrogen and oxygen atoms in total. The lowest BCUT2D eigenvalue weighted by Crippen LogP contribution is -2.14. The van der Waals surface area contributed by atoms with Gasteiger partial charge < -0.3 is 10.1 Å². The number of pyridine rings is 1. The minimum Gasteiger partial charge on any atom is -0.497 e. The Hall–Kier alpha value is -1.83. The third-order valence-electron chi connectivity index (χ3n) is 3.23. The first-order valence-corrected chi connectivity index (χ1v) is 7.33. The molecular weight excluding hydrogens is 380 g/mol. The lowest BCUT2D eigenvalue weighted by atomic mass is 10.1. The number of alkyl halides is 3. The molecule has 0 aliphatic rings. The number of benzene rings is 1. The second-order valence-corrected chi connectivity index (χ2v) is 5.52. The van der Waals surface area contributed by atoms with Gasteiger partial charge in [-0.3, -0.25) is 0 Å². The number of halogens is 5. The third-order valence-corrected chi connectivity index (χ3v) is 3.80. The number of nitrogens with one attached hydrogen (secondary N) is 1. The average molecular weight is 393 g/mol. The van der Waals surface area contributed by atoms with Gasteiger partial charge in [0.05, 0.1) is 12.7 Å². The largest absolute Gasteiger partial charge is 0.497 e. The smallest absolute Gasteiger partial charge is 0.419 e. The lowest BCUT2D eigenvalue weighted by molar-refractivity contribution is -0.139. The van der Waals surface area contributed by atoms with E-state index in [1.54, 1.807) is 24.3 Å². The van der Waals surface area contributed by atoms with Crippen LogP contribution in [0.25, 0.3) is 0 Å². The van der Waals surface area contributed by atoms with Gasteiger partial charge in [-0.1, -0.05) is 12.1 Å². The molecule has 1 heterocycles. The van der Waals surface area contributed by atoms with Crippen molar-refractivity contribution in [3.63, 3.8) is 0 Å². The number of nitrogens with zero attached hydrogens (tertiary/aromatic N) is 1. The Kier molecular flexibility index (Phi) is 5.13. The normalized spacial score (nSPS) is 11.4. The van der Waals surface area contributed by atoms with Crippen LogP contribution < -0.4 is 10.1 Å². The molecule has 1 N–H and O–H groups in total. The van der Waals surface area contributed by atoms with Crippen LogP contribution in [0.3, 0.4) is 0 Å². The van der Waals surface area contributed by atoms with Crippen LogP contribution >= 0.6 is 15.9 Å². The van der Waals surface area contributed by atoms with E-state index >= 15 is 0 Å². The summed E-state index contributed by atoms with van der Waals surface area (Å²) in [5, 5.41) is 2.70. The summed E-state index contributed by atoms with van der Waals surface area (Å²) in [6, 6.07) is 6.98. The van der Waals surface area contributed by atoms with E-state index in [-0.39, 0.29) is 12.4 Å². The van der Waals surface area contributed by atoms with Gasteiger partial charge in [-0.15, -0.1) is 0 Å². The first kappa shape index (κ1) is 17.5. The van der Waals surface area contributed by atoms with E-state index in [2.05, 4.69) is 26.2 Å². The SMILES string of the molecule is COc1ccc(CNc2nc(Br)c(C(F)(F)F)c(C)c2F)cc1. The van der Waals surface area contributed by atoms with Crippen molar-refractivity contribution in [2.75, 3.05) is 12.4 Å². The zero-order valence-electron chi connectivity index (χ0n) is 12.3. The Morgan fingerprint density at radius 1 is 1.22 bits per heavy atom. The summed E-state index contributed by atoms with van der Waals surface area (Å²) in [5.74, 6) is -0.585. The van der Waals surface area contributed by atoms with Crippen molar-refractivity contribution in [2.45, 2.75) is 19.6 Å². The molecule has 0 atom stereocenters. The van der Waals surface area contributed by atoms with E-state index in [1.165, 1.54) is 7.11 Å². The molecule has 124 valence electrons. The maximum absolute atomic E-state index is 14.1. The van der Waals surface area contributed by atoms with E-state index in [4.69, 9.17) is 4.74 Å². The molecule has 8 heteroatoms. The predicted molar refractivity (Wildman–Crippen MR) is 82.0 cm³/mol. The Balaban J connectivity index is 2.23. The van der Waals surface area contributed by atoms with Gasteiger partial charge >= 0.3 is 6.18 Å². The fourth-order valence-corrected chi connectivity index (χ4v) is 2.72. The van der Waals surface area contributed by atoms with Crippen LogP contribution in [0.4, 0.5) is 23.4 Å². The predicted octanol–water partition coefficient (Wildman–Crippen LogP) is 4.93. The summed E-state index contributed by atoms with van der Waals surface area (Å²) in [6.45, 7) is 1.29. The molecule has 0 unspecified atom stereocenters. The highest BCUT2D eigenvalue weighted by Gasteiger charge is 2.37. The van der Waals surface area contributed by atoms with Gasteiger partial charge in [0.25, 0.3) is 0 Å². The Morgan fingerprint density at radius 2 is 1.83 bits per heavy atom. The number of rotatable bonds is 4. The second-order valence-electron chi connectivity index (χ2n) is 4.76. The molecule has 0 aliphatic carbocycles. The fraction of sp³-hybridized carbons (Fsp3) is 0.267. The van der Waals surface area contributed by atoms with Crippen molar-refractivity contribution >= 4 is 21.7 Å². The van der Waals surface area contributed by atoms with Crippen molar-refractivity contribution in [3.8, 4) is 5.75 Å². The highest BCUT2D eigenvalue weighted by atomic mass is 79.9. The highest BCUT2D eigenvalue weighted by Crippen LogP contribution is 2.38. The number of ether oxygens (including phenoxy) is 1. The highest BCUT2D eigenvalue weighted by molar-refractivity contribution is 9.10. The van der Waals surface area contributed by atoms with Gasteiger partial charge in [-0.25, -0.2) is 9.37 Å². The first-order valence-electron chi connectivity index (χ1n) is 6.53. The number of anilines is 1. The molecule has 1 aromatic heterocycles. The number of methoxy groups -OCH3 is 1. The maximum Gasteiger partial charge on any atom is 0.419 e. The standard InChI is InChI=1S/C15H13BrF4N2O/c1-8-11(15(18,19)20)13(16)22-14(12(8)17)21-7-9-3-5-10(23-2)6-4-9/h3-6H,7H2,1-2H3,(H,21,22). The van der Waals surface area contributed by atoms with Gasteiger partial charge in [0.1, 0.15) is 10.4 Å². The van der Waals surface area contributed by atoms with Crippen LogP contribution in [0.2, 0.25) is 0 Å². The Bertz CT molecular complexity index is 702. The molecule has 23 heavy (non-hydrogen) atoms. The molecule has 0 aliphatic heterocycles. The van der Waals surface area contributed by atoms with Crippen molar-refractivity contribution in [2.24, 2.45) is 0 Å². The molecule has 2 rings (SSSR count). The van der Waals surface area contributed by atoms with Crippen LogP contribution in [0.15, 0.2) is 28.9 Å². The Morgan fingerprint density at radius 3 is 2.35 bits per heavy atom. The van der Waals surface area contributed by atoms with E-state index in [0.717, 1.165) is 12.5 Å². The van der Waals surface area contributed by atoms with E-state index < -0.39 is 27.7 Å². The van der Waals surface area contributed by atoms with Gasteiger partial charge in [0.15, 0.2) is 11.6 Å². The minimum atomic E-state index is -4.68.